The van der Waals surface area contributed by atoms with Gasteiger partial charge in [-0.25, -0.2) is 8.42 Å². The molecule has 0 unspecified atom stereocenters. The number of fused-ring (bicyclic) bond motifs is 1. The van der Waals surface area contributed by atoms with E-state index in [9.17, 15) is 18.0 Å². The van der Waals surface area contributed by atoms with Crippen LogP contribution in [0.4, 0.5) is 5.69 Å². The minimum absolute atomic E-state index is 0.0646. The lowest BCUT2D eigenvalue weighted by Crippen LogP contribution is -2.43. The zero-order valence-electron chi connectivity index (χ0n) is 17.0. The number of hydrogen-bond acceptors (Lipinski definition) is 6. The maximum Gasteiger partial charge on any atom is 0.308 e. The highest BCUT2D eigenvalue weighted by molar-refractivity contribution is 7.92. The Morgan fingerprint density at radius 3 is 2.68 bits per heavy atom. The molecule has 2 aromatic carbocycles. The lowest BCUT2D eigenvalue weighted by atomic mass is 10.1. The van der Waals surface area contributed by atoms with Crippen molar-refractivity contribution in [2.24, 2.45) is 0 Å². The predicted octanol–water partition coefficient (Wildman–Crippen LogP) is 2.29. The molecule has 0 radical (unpaired) electrons. The van der Waals surface area contributed by atoms with Crippen LogP contribution in [0.5, 0.6) is 0 Å². The molecule has 0 bridgehead atoms. The molecule has 1 aromatic heterocycles. The fourth-order valence-electron chi connectivity index (χ4n) is 3.48. The van der Waals surface area contributed by atoms with E-state index in [1.807, 2.05) is 13.0 Å². The number of anilines is 1. The number of hydrogen-bond donors (Lipinski definition) is 1. The number of thiazole rings is 1. The van der Waals surface area contributed by atoms with Crippen molar-refractivity contribution in [3.05, 3.63) is 57.7 Å². The standard InChI is InChI=1S/C21H23N3O5S2/c1-2-15-4-3-5-16(12-15)22-31(27,28)17-6-7-18-19(13-17)30-21(26)24(18)14-20(25)23-8-10-29-11-9-23/h3-7,12-13,22H,2,8-11,14H2,1H3. The number of aryl methyl sites for hydroxylation is 1. The second-order valence-corrected chi connectivity index (χ2v) is 9.91. The molecule has 3 aromatic rings. The molecule has 31 heavy (non-hydrogen) atoms. The second kappa shape index (κ2) is 8.81. The third-order valence-electron chi connectivity index (χ3n) is 5.19. The van der Waals surface area contributed by atoms with E-state index in [1.54, 1.807) is 29.2 Å². The summed E-state index contributed by atoms with van der Waals surface area (Å²) in [4.78, 5) is 26.5. The molecule has 0 aliphatic carbocycles. The summed E-state index contributed by atoms with van der Waals surface area (Å²) >= 11 is 0.930. The summed E-state index contributed by atoms with van der Waals surface area (Å²) in [6.45, 7) is 3.90. The zero-order chi connectivity index (χ0) is 22.0. The Hall–Kier alpha value is -2.69. The van der Waals surface area contributed by atoms with Gasteiger partial charge in [0, 0.05) is 18.8 Å². The van der Waals surface area contributed by atoms with Gasteiger partial charge in [-0.3, -0.25) is 18.9 Å². The largest absolute Gasteiger partial charge is 0.378 e. The molecule has 4 rings (SSSR count). The summed E-state index contributed by atoms with van der Waals surface area (Å²) in [5.74, 6) is -0.153. The molecule has 8 nitrogen and oxygen atoms in total. The number of carbonyl (C=O) groups excluding carboxylic acids is 1. The minimum Gasteiger partial charge on any atom is -0.378 e. The van der Waals surface area contributed by atoms with Crippen molar-refractivity contribution >= 4 is 43.2 Å². The zero-order valence-corrected chi connectivity index (χ0v) is 18.7. The third kappa shape index (κ3) is 4.65. The van der Waals surface area contributed by atoms with Crippen molar-refractivity contribution in [3.8, 4) is 0 Å². The first-order valence-electron chi connectivity index (χ1n) is 9.98. The van der Waals surface area contributed by atoms with Crippen molar-refractivity contribution < 1.29 is 17.9 Å². The van der Waals surface area contributed by atoms with E-state index in [1.165, 1.54) is 16.7 Å². The van der Waals surface area contributed by atoms with Gasteiger partial charge >= 0.3 is 4.87 Å². The lowest BCUT2D eigenvalue weighted by Gasteiger charge is -2.26. The molecule has 1 saturated heterocycles. The molecule has 1 N–H and O–H groups in total. The molecular formula is C21H23N3O5S2. The predicted molar refractivity (Wildman–Crippen MR) is 120 cm³/mol. The number of rotatable bonds is 6. The smallest absolute Gasteiger partial charge is 0.308 e. The Kier molecular flexibility index (Phi) is 6.12. The number of aromatic nitrogens is 1. The fourth-order valence-corrected chi connectivity index (χ4v) is 5.56. The molecule has 1 fully saturated rings. The summed E-state index contributed by atoms with van der Waals surface area (Å²) < 4.78 is 35.5. The van der Waals surface area contributed by atoms with Gasteiger partial charge in [-0.1, -0.05) is 30.4 Å². The normalized spacial score (nSPS) is 14.7. The van der Waals surface area contributed by atoms with E-state index in [0.29, 0.717) is 42.2 Å². The number of carbonyl (C=O) groups is 1. The van der Waals surface area contributed by atoms with Crippen LogP contribution >= 0.6 is 11.3 Å². The van der Waals surface area contributed by atoms with Crippen molar-refractivity contribution in [2.75, 3.05) is 31.0 Å². The molecule has 0 saturated carbocycles. The number of amides is 1. The number of nitrogens with zero attached hydrogens (tertiary/aromatic N) is 2. The van der Waals surface area contributed by atoms with Crippen molar-refractivity contribution in [2.45, 2.75) is 24.8 Å². The van der Waals surface area contributed by atoms with Gasteiger partial charge in [-0.15, -0.1) is 0 Å². The Morgan fingerprint density at radius 1 is 1.16 bits per heavy atom. The number of benzene rings is 2. The molecule has 0 atom stereocenters. The van der Waals surface area contributed by atoms with Crippen molar-refractivity contribution in [1.82, 2.24) is 9.47 Å². The Balaban J connectivity index is 1.59. The van der Waals surface area contributed by atoms with Crippen LogP contribution in [0.25, 0.3) is 10.2 Å². The highest BCUT2D eigenvalue weighted by Gasteiger charge is 2.21. The molecule has 164 valence electrons. The van der Waals surface area contributed by atoms with Gasteiger partial charge in [0.15, 0.2) is 0 Å². The number of ether oxygens (including phenoxy) is 1. The SMILES string of the molecule is CCc1cccc(NS(=O)(=O)c2ccc3c(c2)sc(=O)n3CC(=O)N2CCOCC2)c1. The average Bonchev–Trinajstić information content (AvgIpc) is 3.08. The van der Waals surface area contributed by atoms with Crippen LogP contribution in [0.2, 0.25) is 0 Å². The van der Waals surface area contributed by atoms with Crippen molar-refractivity contribution in [1.29, 1.82) is 0 Å². The van der Waals surface area contributed by atoms with Crippen LogP contribution < -0.4 is 9.60 Å². The van der Waals surface area contributed by atoms with Crippen LogP contribution in [0.15, 0.2) is 52.2 Å². The first-order chi connectivity index (χ1) is 14.9. The van der Waals surface area contributed by atoms with Crippen molar-refractivity contribution in [3.63, 3.8) is 0 Å². The molecule has 2 heterocycles. The maximum atomic E-state index is 12.9. The van der Waals surface area contributed by atoms with E-state index >= 15 is 0 Å². The van der Waals surface area contributed by atoms with Crippen LogP contribution in [0, 0.1) is 0 Å². The van der Waals surface area contributed by atoms with E-state index in [4.69, 9.17) is 4.74 Å². The highest BCUT2D eigenvalue weighted by Crippen LogP contribution is 2.24. The third-order valence-corrected chi connectivity index (χ3v) is 7.52. The number of sulfonamides is 1. The molecule has 1 amide bonds. The summed E-state index contributed by atoms with van der Waals surface area (Å²) in [6.07, 6.45) is 0.798. The van der Waals surface area contributed by atoms with E-state index in [0.717, 1.165) is 23.3 Å². The molecule has 1 aliphatic heterocycles. The maximum absolute atomic E-state index is 12.9. The summed E-state index contributed by atoms with van der Waals surface area (Å²) in [7, 11) is -3.82. The fraction of sp³-hybridized carbons (Fsp3) is 0.333. The molecule has 10 heteroatoms. The van der Waals surface area contributed by atoms with Crippen LogP contribution in [-0.4, -0.2) is 50.1 Å². The van der Waals surface area contributed by atoms with Gasteiger partial charge < -0.3 is 9.64 Å². The first-order valence-corrected chi connectivity index (χ1v) is 12.3. The average molecular weight is 462 g/mol. The molecule has 0 spiro atoms. The topological polar surface area (TPSA) is 97.7 Å². The van der Waals surface area contributed by atoms with Gasteiger partial charge in [0.05, 0.1) is 28.3 Å². The highest BCUT2D eigenvalue weighted by atomic mass is 32.2. The number of morpholine rings is 1. The van der Waals surface area contributed by atoms with Gasteiger partial charge in [0.2, 0.25) is 5.91 Å². The van der Waals surface area contributed by atoms with Gasteiger partial charge in [0.1, 0.15) is 6.54 Å². The van der Waals surface area contributed by atoms with Crippen LogP contribution in [0.3, 0.4) is 0 Å². The summed E-state index contributed by atoms with van der Waals surface area (Å²) in [5, 5.41) is 0. The lowest BCUT2D eigenvalue weighted by molar-refractivity contribution is -0.135. The first kappa shape index (κ1) is 21.5. The van der Waals surface area contributed by atoms with Gasteiger partial charge in [-0.2, -0.15) is 0 Å². The molecule has 1 aliphatic rings. The summed E-state index contributed by atoms with van der Waals surface area (Å²) in [5.41, 5.74) is 2.06. The van der Waals surface area contributed by atoms with Gasteiger partial charge in [-0.05, 0) is 42.3 Å². The quantitative estimate of drug-likeness (QED) is 0.607. The Bertz CT molecular complexity index is 1270. The van der Waals surface area contributed by atoms with E-state index in [2.05, 4.69) is 4.72 Å². The minimum atomic E-state index is -3.82. The van der Waals surface area contributed by atoms with Crippen LogP contribution in [-0.2, 0) is 32.5 Å². The Morgan fingerprint density at radius 2 is 1.94 bits per heavy atom. The summed E-state index contributed by atoms with van der Waals surface area (Å²) in [6, 6.07) is 11.7. The van der Waals surface area contributed by atoms with Crippen LogP contribution in [0.1, 0.15) is 12.5 Å². The van der Waals surface area contributed by atoms with Gasteiger partial charge in [0.25, 0.3) is 10.0 Å². The molecular weight excluding hydrogens is 438 g/mol. The van der Waals surface area contributed by atoms with E-state index < -0.39 is 10.0 Å². The van der Waals surface area contributed by atoms with E-state index in [-0.39, 0.29) is 22.2 Å². The number of nitrogens with one attached hydrogen (secondary N) is 1. The monoisotopic (exact) mass is 461 g/mol. The Labute approximate surface area is 184 Å². The second-order valence-electron chi connectivity index (χ2n) is 7.24.